The third-order valence-electron chi connectivity index (χ3n) is 6.87. The highest BCUT2D eigenvalue weighted by atomic mass is 16.2. The van der Waals surface area contributed by atoms with Crippen molar-refractivity contribution in [3.05, 3.63) is 53.7 Å². The van der Waals surface area contributed by atoms with Crippen molar-refractivity contribution < 1.29 is 9.59 Å². The van der Waals surface area contributed by atoms with Gasteiger partial charge in [-0.3, -0.25) is 14.3 Å². The molecule has 0 atom stereocenters. The van der Waals surface area contributed by atoms with Gasteiger partial charge in [-0.25, -0.2) is 0 Å². The molecule has 1 saturated carbocycles. The van der Waals surface area contributed by atoms with E-state index in [0.717, 1.165) is 40.6 Å². The van der Waals surface area contributed by atoms with Gasteiger partial charge >= 0.3 is 0 Å². The summed E-state index contributed by atoms with van der Waals surface area (Å²) in [7, 11) is 1.96. The fraction of sp³-hybridized carbons (Fsp3) is 0.400. The number of nitrogens with zero attached hydrogens (tertiary/aromatic N) is 4. The Bertz CT molecular complexity index is 1170. The van der Waals surface area contributed by atoms with E-state index in [2.05, 4.69) is 23.3 Å². The minimum atomic E-state index is -0.140. The number of fused-ring (bicyclic) bond motifs is 1. The number of amides is 2. The molecule has 2 amide bonds. The molecule has 5 rings (SSSR count). The number of piperazine rings is 1. The van der Waals surface area contributed by atoms with E-state index < -0.39 is 0 Å². The van der Waals surface area contributed by atoms with Gasteiger partial charge in [0, 0.05) is 49.6 Å². The molecule has 2 aliphatic rings. The van der Waals surface area contributed by atoms with Crippen molar-refractivity contribution >= 4 is 22.7 Å². The second-order valence-electron chi connectivity index (χ2n) is 9.16. The molecular weight excluding hydrogens is 388 g/mol. The van der Waals surface area contributed by atoms with Crippen LogP contribution >= 0.6 is 0 Å². The molecular formula is C25H28N4O2. The van der Waals surface area contributed by atoms with Gasteiger partial charge in [-0.05, 0) is 55.2 Å². The maximum atomic E-state index is 13.0. The normalized spacial score (nSPS) is 17.8. The molecule has 6 heteroatoms. The average molecular weight is 417 g/mol. The third kappa shape index (κ3) is 3.50. The lowest BCUT2D eigenvalue weighted by atomic mass is 10.0. The van der Waals surface area contributed by atoms with E-state index in [1.165, 1.54) is 0 Å². The molecule has 0 N–H and O–H groups in total. The Hall–Kier alpha value is -3.15. The third-order valence-corrected chi connectivity index (χ3v) is 6.87. The van der Waals surface area contributed by atoms with Crippen molar-refractivity contribution in [2.45, 2.75) is 26.7 Å². The summed E-state index contributed by atoms with van der Waals surface area (Å²) in [4.78, 5) is 29.3. The zero-order chi connectivity index (χ0) is 21.8. The van der Waals surface area contributed by atoms with Crippen LogP contribution < -0.4 is 0 Å². The number of carbonyl (C=O) groups excluding carboxylic acids is 2. The van der Waals surface area contributed by atoms with Gasteiger partial charge in [0.05, 0.1) is 11.2 Å². The standard InChI is InChI=1S/C25H28N4O2/c1-17-21-16-20(8-9-22(21)27(3)26-17)18-4-6-19(7-5-18)23(30)28-12-14-29(15-13-28)24(31)25(2)10-11-25/h4-9,16H,10-15H2,1-3H3. The fourth-order valence-electron chi connectivity index (χ4n) is 4.50. The van der Waals surface area contributed by atoms with Crippen molar-refractivity contribution in [1.29, 1.82) is 0 Å². The molecule has 2 heterocycles. The van der Waals surface area contributed by atoms with Gasteiger partial charge in [0.1, 0.15) is 0 Å². The first kappa shape index (κ1) is 19.8. The van der Waals surface area contributed by atoms with Crippen LogP contribution in [0.25, 0.3) is 22.0 Å². The van der Waals surface area contributed by atoms with Gasteiger partial charge in [-0.15, -0.1) is 0 Å². The molecule has 2 aromatic carbocycles. The fourth-order valence-corrected chi connectivity index (χ4v) is 4.50. The smallest absolute Gasteiger partial charge is 0.253 e. The average Bonchev–Trinajstić information content (AvgIpc) is 3.49. The lowest BCUT2D eigenvalue weighted by Crippen LogP contribution is -2.52. The van der Waals surface area contributed by atoms with Crippen LogP contribution in [0.4, 0.5) is 0 Å². The second-order valence-corrected chi connectivity index (χ2v) is 9.16. The van der Waals surface area contributed by atoms with Crippen LogP contribution in [0, 0.1) is 12.3 Å². The van der Waals surface area contributed by atoms with Crippen molar-refractivity contribution in [3.63, 3.8) is 0 Å². The SMILES string of the molecule is Cc1nn(C)c2ccc(-c3ccc(C(=O)N4CCN(C(=O)C5(C)CC5)CC4)cc3)cc12. The van der Waals surface area contributed by atoms with Gasteiger partial charge in [-0.2, -0.15) is 5.10 Å². The van der Waals surface area contributed by atoms with Gasteiger partial charge in [0.2, 0.25) is 5.91 Å². The molecule has 0 bridgehead atoms. The van der Waals surface area contributed by atoms with Crippen molar-refractivity contribution in [1.82, 2.24) is 19.6 Å². The molecule has 31 heavy (non-hydrogen) atoms. The summed E-state index contributed by atoms with van der Waals surface area (Å²) in [5.41, 5.74) is 4.87. The first-order valence-electron chi connectivity index (χ1n) is 11.0. The largest absolute Gasteiger partial charge is 0.339 e. The molecule has 160 valence electrons. The minimum Gasteiger partial charge on any atom is -0.339 e. The zero-order valence-corrected chi connectivity index (χ0v) is 18.4. The summed E-state index contributed by atoms with van der Waals surface area (Å²) in [6.45, 7) is 6.51. The Morgan fingerprint density at radius 1 is 0.903 bits per heavy atom. The van der Waals surface area contributed by atoms with E-state index in [0.29, 0.717) is 31.7 Å². The summed E-state index contributed by atoms with van der Waals surface area (Å²) in [5.74, 6) is 0.291. The first-order valence-corrected chi connectivity index (χ1v) is 11.0. The van der Waals surface area contributed by atoms with Crippen molar-refractivity contribution in [2.24, 2.45) is 12.5 Å². The van der Waals surface area contributed by atoms with Crippen LogP contribution in [0.1, 0.15) is 35.8 Å². The molecule has 1 aromatic heterocycles. The Labute approximate surface area is 182 Å². The van der Waals surface area contributed by atoms with E-state index in [9.17, 15) is 9.59 Å². The number of rotatable bonds is 3. The van der Waals surface area contributed by atoms with Gasteiger partial charge in [0.25, 0.3) is 5.91 Å². The van der Waals surface area contributed by atoms with E-state index in [1.807, 2.05) is 59.6 Å². The minimum absolute atomic E-state index is 0.0369. The topological polar surface area (TPSA) is 58.4 Å². The Kier molecular flexibility index (Phi) is 4.61. The molecule has 0 spiro atoms. The quantitative estimate of drug-likeness (QED) is 0.655. The molecule has 1 saturated heterocycles. The molecule has 0 radical (unpaired) electrons. The number of aryl methyl sites for hydroxylation is 2. The highest BCUT2D eigenvalue weighted by Crippen LogP contribution is 2.46. The molecule has 1 aliphatic heterocycles. The lowest BCUT2D eigenvalue weighted by Gasteiger charge is -2.36. The first-order chi connectivity index (χ1) is 14.9. The lowest BCUT2D eigenvalue weighted by molar-refractivity contribution is -0.137. The molecule has 0 unspecified atom stereocenters. The predicted molar refractivity (Wildman–Crippen MR) is 121 cm³/mol. The zero-order valence-electron chi connectivity index (χ0n) is 18.4. The van der Waals surface area contributed by atoms with Crippen LogP contribution in [0.2, 0.25) is 0 Å². The summed E-state index contributed by atoms with van der Waals surface area (Å²) in [6.07, 6.45) is 1.98. The molecule has 3 aromatic rings. The number of hydrogen-bond donors (Lipinski definition) is 0. The van der Waals surface area contributed by atoms with E-state index >= 15 is 0 Å². The summed E-state index contributed by atoms with van der Waals surface area (Å²) >= 11 is 0. The van der Waals surface area contributed by atoms with Crippen LogP contribution in [-0.4, -0.2) is 57.6 Å². The maximum Gasteiger partial charge on any atom is 0.253 e. The monoisotopic (exact) mass is 416 g/mol. The predicted octanol–water partition coefficient (Wildman–Crippen LogP) is 3.63. The van der Waals surface area contributed by atoms with Gasteiger partial charge in [-0.1, -0.05) is 25.1 Å². The van der Waals surface area contributed by atoms with Gasteiger partial charge in [0.15, 0.2) is 0 Å². The van der Waals surface area contributed by atoms with E-state index in [1.54, 1.807) is 0 Å². The Morgan fingerprint density at radius 3 is 2.16 bits per heavy atom. The van der Waals surface area contributed by atoms with Crippen LogP contribution in [-0.2, 0) is 11.8 Å². The van der Waals surface area contributed by atoms with Crippen LogP contribution in [0.3, 0.4) is 0 Å². The van der Waals surface area contributed by atoms with Crippen molar-refractivity contribution in [2.75, 3.05) is 26.2 Å². The van der Waals surface area contributed by atoms with Gasteiger partial charge < -0.3 is 9.80 Å². The molecule has 6 nitrogen and oxygen atoms in total. The Morgan fingerprint density at radius 2 is 1.52 bits per heavy atom. The van der Waals surface area contributed by atoms with Crippen LogP contribution in [0.5, 0.6) is 0 Å². The number of carbonyl (C=O) groups is 2. The van der Waals surface area contributed by atoms with Crippen LogP contribution in [0.15, 0.2) is 42.5 Å². The highest BCUT2D eigenvalue weighted by Gasteiger charge is 2.47. The summed E-state index contributed by atoms with van der Waals surface area (Å²) in [5, 5.41) is 5.63. The maximum absolute atomic E-state index is 13.0. The number of hydrogen-bond acceptors (Lipinski definition) is 3. The second kappa shape index (κ2) is 7.22. The Balaban J connectivity index is 1.27. The summed E-state index contributed by atoms with van der Waals surface area (Å²) < 4.78 is 1.90. The van der Waals surface area contributed by atoms with E-state index in [-0.39, 0.29) is 17.2 Å². The summed E-state index contributed by atoms with van der Waals surface area (Å²) in [6, 6.07) is 14.2. The molecule has 1 aliphatic carbocycles. The van der Waals surface area contributed by atoms with Crippen molar-refractivity contribution in [3.8, 4) is 11.1 Å². The van der Waals surface area contributed by atoms with E-state index in [4.69, 9.17) is 0 Å². The highest BCUT2D eigenvalue weighted by molar-refractivity contribution is 5.95. The number of aromatic nitrogens is 2. The number of benzene rings is 2. The molecule has 2 fully saturated rings.